The van der Waals surface area contributed by atoms with Gasteiger partial charge in [-0.15, -0.1) is 0 Å². The highest BCUT2D eigenvalue weighted by Gasteiger charge is 2.21. The van der Waals surface area contributed by atoms with Gasteiger partial charge in [0.15, 0.2) is 0 Å². The molecule has 0 radical (unpaired) electrons. The van der Waals surface area contributed by atoms with E-state index in [1.54, 1.807) is 0 Å². The number of benzene rings is 1. The van der Waals surface area contributed by atoms with E-state index in [2.05, 4.69) is 10.6 Å². The molecule has 1 unspecified atom stereocenters. The fraction of sp³-hybridized carbons (Fsp3) is 0.429. The Bertz CT molecular complexity index is 552. The number of hydrogen-bond acceptors (Lipinski definition) is 2. The van der Waals surface area contributed by atoms with Crippen LogP contribution in [0.2, 0.25) is 5.02 Å². The first-order valence-corrected chi connectivity index (χ1v) is 7.00. The monoisotopic (exact) mass is 316 g/mol. The fourth-order valence-corrected chi connectivity index (χ4v) is 2.40. The summed E-state index contributed by atoms with van der Waals surface area (Å²) in [6, 6.07) is 3.47. The number of alkyl halides is 2. The van der Waals surface area contributed by atoms with E-state index in [1.807, 2.05) is 0 Å². The summed E-state index contributed by atoms with van der Waals surface area (Å²) in [5.74, 6) is -0.438. The first kappa shape index (κ1) is 15.7. The lowest BCUT2D eigenvalue weighted by molar-refractivity contribution is -0.124. The standard InChI is InChI=1S/C14H15ClF2N2O2/c15-10-5-4-8(14(16)17)6-11(10)19-13(21)7-9-2-1-3-12(20)18-9/h4-6,9,14H,1-3,7H2,(H,18,20)(H,19,21). The van der Waals surface area contributed by atoms with Crippen LogP contribution in [0.3, 0.4) is 0 Å². The zero-order valence-electron chi connectivity index (χ0n) is 11.2. The minimum absolute atomic E-state index is 0.0724. The van der Waals surface area contributed by atoms with Crippen LogP contribution in [0.1, 0.15) is 37.7 Å². The molecule has 1 heterocycles. The molecule has 21 heavy (non-hydrogen) atoms. The van der Waals surface area contributed by atoms with Gasteiger partial charge in [0.25, 0.3) is 6.43 Å². The van der Waals surface area contributed by atoms with Gasteiger partial charge in [0.05, 0.1) is 10.7 Å². The molecule has 1 atom stereocenters. The topological polar surface area (TPSA) is 58.2 Å². The van der Waals surface area contributed by atoms with E-state index in [9.17, 15) is 18.4 Å². The average Bonchev–Trinajstić information content (AvgIpc) is 2.41. The van der Waals surface area contributed by atoms with Crippen LogP contribution in [-0.4, -0.2) is 17.9 Å². The van der Waals surface area contributed by atoms with Gasteiger partial charge in [-0.1, -0.05) is 17.7 Å². The summed E-state index contributed by atoms with van der Waals surface area (Å²) in [7, 11) is 0. The molecule has 2 amide bonds. The van der Waals surface area contributed by atoms with Crippen molar-refractivity contribution in [3.63, 3.8) is 0 Å². The molecule has 1 aromatic carbocycles. The predicted molar refractivity (Wildman–Crippen MR) is 75.4 cm³/mol. The van der Waals surface area contributed by atoms with E-state index < -0.39 is 6.43 Å². The number of anilines is 1. The zero-order valence-corrected chi connectivity index (χ0v) is 11.9. The molecule has 0 aromatic heterocycles. The third-order valence-corrected chi connectivity index (χ3v) is 3.60. The van der Waals surface area contributed by atoms with Crippen LogP contribution in [0, 0.1) is 0 Å². The number of halogens is 3. The van der Waals surface area contributed by atoms with E-state index in [-0.39, 0.29) is 40.6 Å². The molecule has 1 fully saturated rings. The van der Waals surface area contributed by atoms with Crippen molar-refractivity contribution in [3.05, 3.63) is 28.8 Å². The van der Waals surface area contributed by atoms with Crippen molar-refractivity contribution >= 4 is 29.1 Å². The third-order valence-electron chi connectivity index (χ3n) is 3.27. The van der Waals surface area contributed by atoms with E-state index in [0.717, 1.165) is 18.9 Å². The normalized spacial score (nSPS) is 18.5. The van der Waals surface area contributed by atoms with Crippen LogP contribution in [-0.2, 0) is 9.59 Å². The number of piperidine rings is 1. The Labute approximate surface area is 125 Å². The van der Waals surface area contributed by atoms with Crippen LogP contribution in [0.5, 0.6) is 0 Å². The predicted octanol–water partition coefficient (Wildman–Crippen LogP) is 3.27. The Kier molecular flexibility index (Phi) is 5.12. The highest BCUT2D eigenvalue weighted by molar-refractivity contribution is 6.33. The van der Waals surface area contributed by atoms with Gasteiger partial charge >= 0.3 is 0 Å². The Morgan fingerprint density at radius 3 is 2.90 bits per heavy atom. The highest BCUT2D eigenvalue weighted by atomic mass is 35.5. The number of amides is 2. The maximum absolute atomic E-state index is 12.6. The minimum Gasteiger partial charge on any atom is -0.353 e. The molecule has 2 N–H and O–H groups in total. The molecule has 114 valence electrons. The molecule has 0 bridgehead atoms. The van der Waals surface area contributed by atoms with Crippen molar-refractivity contribution in [2.24, 2.45) is 0 Å². The third kappa shape index (κ3) is 4.39. The summed E-state index contributed by atoms with van der Waals surface area (Å²) in [6.45, 7) is 0. The summed E-state index contributed by atoms with van der Waals surface area (Å²) in [5, 5.41) is 5.43. The molecule has 4 nitrogen and oxygen atoms in total. The summed E-state index contributed by atoms with van der Waals surface area (Å²) >= 11 is 5.88. The van der Waals surface area contributed by atoms with E-state index in [4.69, 9.17) is 11.6 Å². The van der Waals surface area contributed by atoms with Crippen LogP contribution >= 0.6 is 11.6 Å². The Balaban J connectivity index is 1.99. The molecule has 1 saturated heterocycles. The lowest BCUT2D eigenvalue weighted by Crippen LogP contribution is -2.40. The molecular formula is C14H15ClF2N2O2. The van der Waals surface area contributed by atoms with Crippen molar-refractivity contribution in [1.29, 1.82) is 0 Å². The second-order valence-corrected chi connectivity index (χ2v) is 5.36. The molecule has 1 aromatic rings. The van der Waals surface area contributed by atoms with Gasteiger partial charge in [0.2, 0.25) is 11.8 Å². The summed E-state index contributed by atoms with van der Waals surface area (Å²) < 4.78 is 25.3. The van der Waals surface area contributed by atoms with Gasteiger partial charge in [-0.3, -0.25) is 9.59 Å². The Hall–Kier alpha value is -1.69. The van der Waals surface area contributed by atoms with Gasteiger partial charge in [-0.05, 0) is 25.0 Å². The number of hydrogen-bond donors (Lipinski definition) is 2. The Morgan fingerprint density at radius 2 is 2.24 bits per heavy atom. The van der Waals surface area contributed by atoms with Crippen LogP contribution < -0.4 is 10.6 Å². The summed E-state index contributed by atoms with van der Waals surface area (Å²) in [6.07, 6.45) is -0.591. The molecule has 2 rings (SSSR count). The molecular weight excluding hydrogens is 302 g/mol. The van der Waals surface area contributed by atoms with Gasteiger partial charge < -0.3 is 10.6 Å². The smallest absolute Gasteiger partial charge is 0.263 e. The lowest BCUT2D eigenvalue weighted by Gasteiger charge is -2.22. The number of nitrogens with one attached hydrogen (secondary N) is 2. The van der Waals surface area contributed by atoms with Gasteiger partial charge in [0, 0.05) is 24.4 Å². The van der Waals surface area contributed by atoms with Gasteiger partial charge in [-0.2, -0.15) is 0 Å². The van der Waals surface area contributed by atoms with Crippen molar-refractivity contribution in [2.45, 2.75) is 38.2 Å². The highest BCUT2D eigenvalue weighted by Crippen LogP contribution is 2.28. The van der Waals surface area contributed by atoms with Crippen molar-refractivity contribution in [3.8, 4) is 0 Å². The van der Waals surface area contributed by atoms with Crippen molar-refractivity contribution in [2.75, 3.05) is 5.32 Å². The van der Waals surface area contributed by atoms with Crippen LogP contribution in [0.4, 0.5) is 14.5 Å². The van der Waals surface area contributed by atoms with Crippen LogP contribution in [0.25, 0.3) is 0 Å². The van der Waals surface area contributed by atoms with Crippen LogP contribution in [0.15, 0.2) is 18.2 Å². The van der Waals surface area contributed by atoms with Gasteiger partial charge in [-0.25, -0.2) is 8.78 Å². The quantitative estimate of drug-likeness (QED) is 0.895. The van der Waals surface area contributed by atoms with E-state index >= 15 is 0 Å². The second kappa shape index (κ2) is 6.85. The first-order valence-electron chi connectivity index (χ1n) is 6.62. The van der Waals surface area contributed by atoms with E-state index in [1.165, 1.54) is 12.1 Å². The number of carbonyl (C=O) groups excluding carboxylic acids is 2. The van der Waals surface area contributed by atoms with Crippen molar-refractivity contribution < 1.29 is 18.4 Å². The molecule has 0 aliphatic carbocycles. The second-order valence-electron chi connectivity index (χ2n) is 4.95. The van der Waals surface area contributed by atoms with E-state index in [0.29, 0.717) is 6.42 Å². The largest absolute Gasteiger partial charge is 0.353 e. The maximum atomic E-state index is 12.6. The van der Waals surface area contributed by atoms with Gasteiger partial charge in [0.1, 0.15) is 0 Å². The molecule has 7 heteroatoms. The molecule has 0 spiro atoms. The maximum Gasteiger partial charge on any atom is 0.263 e. The first-order chi connectivity index (χ1) is 9.95. The SMILES string of the molecule is O=C(CC1CCCC(=O)N1)Nc1cc(C(F)F)ccc1Cl. The molecule has 1 aliphatic heterocycles. The molecule has 1 aliphatic rings. The number of rotatable bonds is 4. The Morgan fingerprint density at radius 1 is 1.48 bits per heavy atom. The summed E-state index contributed by atoms with van der Waals surface area (Å²) in [4.78, 5) is 23.2. The summed E-state index contributed by atoms with van der Waals surface area (Å²) in [5.41, 5.74) is -0.0535. The fourth-order valence-electron chi connectivity index (χ4n) is 2.23. The van der Waals surface area contributed by atoms with Crippen molar-refractivity contribution in [1.82, 2.24) is 5.32 Å². The minimum atomic E-state index is -2.63. The average molecular weight is 317 g/mol. The zero-order chi connectivity index (χ0) is 15.4. The molecule has 0 saturated carbocycles. The lowest BCUT2D eigenvalue weighted by atomic mass is 10.0. The number of carbonyl (C=O) groups is 2.